The van der Waals surface area contributed by atoms with Crippen LogP contribution in [0.2, 0.25) is 0 Å². The van der Waals surface area contributed by atoms with E-state index >= 15 is 0 Å². The zero-order chi connectivity index (χ0) is 17.7. The fraction of sp³-hybridized carbons (Fsp3) is 0.250. The average molecular weight is 341 g/mol. The molecular formula is C16H14F3NO4. The molecule has 0 saturated carbocycles. The van der Waals surface area contributed by atoms with E-state index in [1.165, 1.54) is 13.2 Å². The van der Waals surface area contributed by atoms with Crippen molar-refractivity contribution in [3.8, 4) is 0 Å². The molecule has 1 atom stereocenters. The Morgan fingerprint density at radius 1 is 1.21 bits per heavy atom. The molecule has 0 aliphatic heterocycles. The van der Waals surface area contributed by atoms with Crippen LogP contribution < -0.4 is 5.32 Å². The number of nitrogens with one attached hydrogen (secondary N) is 1. The average Bonchev–Trinajstić information content (AvgIpc) is 3.05. The maximum absolute atomic E-state index is 12.5. The Kier molecular flexibility index (Phi) is 5.28. The van der Waals surface area contributed by atoms with E-state index < -0.39 is 29.7 Å². The Morgan fingerprint density at radius 3 is 2.42 bits per heavy atom. The molecule has 0 fully saturated rings. The van der Waals surface area contributed by atoms with E-state index in [4.69, 9.17) is 9.15 Å². The van der Waals surface area contributed by atoms with Crippen LogP contribution >= 0.6 is 0 Å². The third kappa shape index (κ3) is 4.61. The van der Waals surface area contributed by atoms with E-state index in [-0.39, 0.29) is 12.1 Å². The summed E-state index contributed by atoms with van der Waals surface area (Å²) in [5.41, 5.74) is -0.947. The number of halogens is 3. The summed E-state index contributed by atoms with van der Waals surface area (Å²) in [6, 6.07) is 6.88. The van der Waals surface area contributed by atoms with Crippen LogP contribution in [0.15, 0.2) is 47.1 Å². The molecular weight excluding hydrogens is 327 g/mol. The minimum Gasteiger partial charge on any atom is -0.467 e. The molecule has 2 aromatic rings. The Hall–Kier alpha value is -2.77. The van der Waals surface area contributed by atoms with Crippen molar-refractivity contribution < 1.29 is 31.9 Å². The number of carbonyl (C=O) groups is 2. The first-order valence-corrected chi connectivity index (χ1v) is 6.95. The van der Waals surface area contributed by atoms with Crippen molar-refractivity contribution >= 4 is 11.9 Å². The summed E-state index contributed by atoms with van der Waals surface area (Å²) in [6.07, 6.45) is -4.13. The molecule has 0 saturated heterocycles. The molecule has 0 spiro atoms. The van der Waals surface area contributed by atoms with Crippen molar-refractivity contribution in [2.24, 2.45) is 0 Å². The van der Waals surface area contributed by atoms with Gasteiger partial charge in [-0.25, -0.2) is 4.79 Å². The molecule has 0 aliphatic carbocycles. The predicted octanol–water partition coefficient (Wildman–Crippen LogP) is 3.16. The second kappa shape index (κ2) is 7.20. The summed E-state index contributed by atoms with van der Waals surface area (Å²) in [7, 11) is 0. The highest BCUT2D eigenvalue weighted by Gasteiger charge is 2.30. The fourth-order valence-corrected chi connectivity index (χ4v) is 1.81. The van der Waals surface area contributed by atoms with Crippen LogP contribution in [0.4, 0.5) is 13.2 Å². The monoisotopic (exact) mass is 341 g/mol. The zero-order valence-corrected chi connectivity index (χ0v) is 12.6. The van der Waals surface area contributed by atoms with E-state index in [2.05, 4.69) is 5.32 Å². The fourth-order valence-electron chi connectivity index (χ4n) is 1.81. The number of amides is 1. The van der Waals surface area contributed by atoms with Crippen molar-refractivity contribution in [2.75, 3.05) is 0 Å². The van der Waals surface area contributed by atoms with Gasteiger partial charge in [0, 0.05) is 0 Å². The number of esters is 1. The predicted molar refractivity (Wildman–Crippen MR) is 76.9 cm³/mol. The van der Waals surface area contributed by atoms with Gasteiger partial charge in [0.05, 0.1) is 23.9 Å². The number of benzene rings is 1. The highest BCUT2D eigenvalue weighted by atomic mass is 19.4. The molecule has 1 aromatic heterocycles. The number of furan rings is 1. The van der Waals surface area contributed by atoms with E-state index in [1.54, 1.807) is 12.1 Å². The minimum atomic E-state index is -4.48. The molecule has 24 heavy (non-hydrogen) atoms. The van der Waals surface area contributed by atoms with Gasteiger partial charge in [0.15, 0.2) is 6.10 Å². The molecule has 2 rings (SSSR count). The second-order valence-electron chi connectivity index (χ2n) is 4.92. The minimum absolute atomic E-state index is 0.0753. The number of hydrogen-bond acceptors (Lipinski definition) is 4. The van der Waals surface area contributed by atoms with Crippen molar-refractivity contribution in [2.45, 2.75) is 25.7 Å². The van der Waals surface area contributed by atoms with E-state index in [9.17, 15) is 22.8 Å². The van der Waals surface area contributed by atoms with Crippen molar-refractivity contribution in [1.82, 2.24) is 5.32 Å². The molecule has 128 valence electrons. The van der Waals surface area contributed by atoms with E-state index in [1.807, 2.05) is 0 Å². The lowest BCUT2D eigenvalue weighted by Gasteiger charge is -2.13. The first-order chi connectivity index (χ1) is 11.3. The maximum Gasteiger partial charge on any atom is 0.416 e. The van der Waals surface area contributed by atoms with Gasteiger partial charge in [-0.05, 0) is 43.3 Å². The van der Waals surface area contributed by atoms with Gasteiger partial charge in [0.1, 0.15) is 5.76 Å². The van der Waals surface area contributed by atoms with Crippen molar-refractivity contribution in [3.05, 3.63) is 59.5 Å². The second-order valence-corrected chi connectivity index (χ2v) is 4.92. The summed E-state index contributed by atoms with van der Waals surface area (Å²) in [5, 5.41) is 2.51. The lowest BCUT2D eigenvalue weighted by atomic mass is 10.1. The first-order valence-electron chi connectivity index (χ1n) is 6.95. The smallest absolute Gasteiger partial charge is 0.416 e. The van der Waals surface area contributed by atoms with Crippen LogP contribution in [0.1, 0.15) is 28.6 Å². The summed E-state index contributed by atoms with van der Waals surface area (Å²) >= 11 is 0. The summed E-state index contributed by atoms with van der Waals surface area (Å²) in [4.78, 5) is 23.7. The molecule has 0 unspecified atom stereocenters. The Morgan fingerprint density at radius 2 is 1.88 bits per heavy atom. The van der Waals surface area contributed by atoms with Crippen molar-refractivity contribution in [1.29, 1.82) is 0 Å². The third-order valence-electron chi connectivity index (χ3n) is 3.12. The summed E-state index contributed by atoms with van der Waals surface area (Å²) in [6.45, 7) is 1.49. The highest BCUT2D eigenvalue weighted by Crippen LogP contribution is 2.29. The van der Waals surface area contributed by atoms with Gasteiger partial charge >= 0.3 is 12.1 Å². The van der Waals surface area contributed by atoms with Gasteiger partial charge in [-0.1, -0.05) is 0 Å². The highest BCUT2D eigenvalue weighted by molar-refractivity contribution is 5.92. The molecule has 0 aliphatic rings. The third-order valence-corrected chi connectivity index (χ3v) is 3.12. The van der Waals surface area contributed by atoms with E-state index in [0.29, 0.717) is 5.76 Å². The Bertz CT molecular complexity index is 693. The number of hydrogen-bond donors (Lipinski definition) is 1. The largest absolute Gasteiger partial charge is 0.467 e. The van der Waals surface area contributed by atoms with Crippen LogP contribution in [-0.2, 0) is 22.3 Å². The number of ether oxygens (including phenoxy) is 1. The SMILES string of the molecule is C[C@H](OC(=O)c1ccc(C(F)(F)F)cc1)C(=O)NCc1ccco1. The number of alkyl halides is 3. The maximum atomic E-state index is 12.5. The molecule has 0 bridgehead atoms. The molecule has 1 amide bonds. The topological polar surface area (TPSA) is 68.5 Å². The summed E-state index contributed by atoms with van der Waals surface area (Å²) in [5.74, 6) is -0.902. The molecule has 1 N–H and O–H groups in total. The van der Waals surface area contributed by atoms with Gasteiger partial charge in [-0.3, -0.25) is 4.79 Å². The lowest BCUT2D eigenvalue weighted by Crippen LogP contribution is -2.35. The van der Waals surface area contributed by atoms with Crippen molar-refractivity contribution in [3.63, 3.8) is 0 Å². The zero-order valence-electron chi connectivity index (χ0n) is 12.6. The van der Waals surface area contributed by atoms with Crippen LogP contribution in [0.25, 0.3) is 0 Å². The van der Waals surface area contributed by atoms with Crippen LogP contribution in [0.3, 0.4) is 0 Å². The lowest BCUT2D eigenvalue weighted by molar-refractivity contribution is -0.137. The standard InChI is InChI=1S/C16H14F3NO4/c1-10(14(21)20-9-13-3-2-8-23-13)24-15(22)11-4-6-12(7-5-11)16(17,18)19/h2-8,10H,9H2,1H3,(H,20,21)/t10-/m0/s1. The quantitative estimate of drug-likeness (QED) is 0.848. The normalized spacial score (nSPS) is 12.5. The van der Waals surface area contributed by atoms with Gasteiger partial charge in [0.2, 0.25) is 0 Å². The molecule has 5 nitrogen and oxygen atoms in total. The molecule has 1 heterocycles. The van der Waals surface area contributed by atoms with Gasteiger partial charge < -0.3 is 14.5 Å². The Balaban J connectivity index is 1.89. The van der Waals surface area contributed by atoms with Gasteiger partial charge in [-0.2, -0.15) is 13.2 Å². The van der Waals surface area contributed by atoms with Crippen LogP contribution in [0, 0.1) is 0 Å². The van der Waals surface area contributed by atoms with Crippen LogP contribution in [0.5, 0.6) is 0 Å². The van der Waals surface area contributed by atoms with Crippen LogP contribution in [-0.4, -0.2) is 18.0 Å². The van der Waals surface area contributed by atoms with E-state index in [0.717, 1.165) is 24.3 Å². The van der Waals surface area contributed by atoms with Gasteiger partial charge in [0.25, 0.3) is 5.91 Å². The number of carbonyl (C=O) groups excluding carboxylic acids is 2. The molecule has 0 radical (unpaired) electrons. The van der Waals surface area contributed by atoms with Gasteiger partial charge in [-0.15, -0.1) is 0 Å². The Labute approximate surface area is 135 Å². The molecule has 1 aromatic carbocycles. The first kappa shape index (κ1) is 17.6. The number of rotatable bonds is 5. The summed E-state index contributed by atoms with van der Waals surface area (Å²) < 4.78 is 47.4. The molecule has 8 heteroatoms.